The number of H-pyrrole nitrogens is 2. The number of fused-ring (bicyclic) bond motifs is 2. The molecule has 1 aromatic carbocycles. The van der Waals surface area contributed by atoms with E-state index in [0.29, 0.717) is 34.0 Å². The van der Waals surface area contributed by atoms with Crippen LogP contribution in [0.4, 0.5) is 4.39 Å². The van der Waals surface area contributed by atoms with Crippen LogP contribution in [0.25, 0.3) is 55.7 Å². The Bertz CT molecular complexity index is 1970. The van der Waals surface area contributed by atoms with Crippen LogP contribution in [-0.2, 0) is 16.6 Å². The highest BCUT2D eigenvalue weighted by Crippen LogP contribution is 2.34. The van der Waals surface area contributed by atoms with Gasteiger partial charge in [-0.15, -0.1) is 0 Å². The molecular weight excluding hydrogens is 521 g/mol. The summed E-state index contributed by atoms with van der Waals surface area (Å²) in [4.78, 5) is 16.7. The number of methoxy groups -OCH3 is 1. The highest BCUT2D eigenvalue weighted by atomic mass is 32.2. The van der Waals surface area contributed by atoms with Gasteiger partial charge < -0.3 is 9.72 Å². The van der Waals surface area contributed by atoms with Crippen LogP contribution in [0.1, 0.15) is 5.56 Å². The standard InChI is InChI=1S/C27H22FN7O3S/c1-38-19-8-17(12-29-13-19)23-9-21-25(14-31-23)34-35-27(21)24-10-20-22(33-24)3-4-30-26(20)16-5-15(6-18(28)7-16)11-32-39(2,36)37/h3-10,12-14,32-33H,11H2,1-2H3,(H,34,35). The van der Waals surface area contributed by atoms with Gasteiger partial charge in [-0.3, -0.25) is 20.1 Å². The molecule has 6 rings (SSSR count). The summed E-state index contributed by atoms with van der Waals surface area (Å²) in [5.74, 6) is 0.141. The van der Waals surface area contributed by atoms with Crippen molar-refractivity contribution in [3.63, 3.8) is 0 Å². The second kappa shape index (κ2) is 9.57. The minimum Gasteiger partial charge on any atom is -0.495 e. The van der Waals surface area contributed by atoms with E-state index in [4.69, 9.17) is 4.74 Å². The second-order valence-electron chi connectivity index (χ2n) is 9.05. The molecule has 0 saturated carbocycles. The van der Waals surface area contributed by atoms with Crippen LogP contribution in [0.3, 0.4) is 0 Å². The van der Waals surface area contributed by atoms with Crippen LogP contribution in [0.2, 0.25) is 0 Å². The van der Waals surface area contributed by atoms with Gasteiger partial charge in [0.1, 0.15) is 17.3 Å². The van der Waals surface area contributed by atoms with E-state index in [1.165, 1.54) is 12.1 Å². The summed E-state index contributed by atoms with van der Waals surface area (Å²) in [6.07, 6.45) is 7.76. The second-order valence-corrected chi connectivity index (χ2v) is 10.9. The lowest BCUT2D eigenvalue weighted by molar-refractivity contribution is 0.413. The molecule has 3 N–H and O–H groups in total. The number of aromatic nitrogens is 6. The third-order valence-corrected chi connectivity index (χ3v) is 6.93. The zero-order valence-electron chi connectivity index (χ0n) is 20.9. The molecule has 0 aliphatic carbocycles. The van der Waals surface area contributed by atoms with Crippen LogP contribution in [0.15, 0.2) is 67.3 Å². The van der Waals surface area contributed by atoms with E-state index < -0.39 is 15.8 Å². The van der Waals surface area contributed by atoms with Crippen LogP contribution in [-0.4, -0.2) is 51.9 Å². The largest absolute Gasteiger partial charge is 0.495 e. The van der Waals surface area contributed by atoms with Gasteiger partial charge in [-0.25, -0.2) is 17.5 Å². The van der Waals surface area contributed by atoms with E-state index in [9.17, 15) is 12.8 Å². The van der Waals surface area contributed by atoms with Gasteiger partial charge in [0.2, 0.25) is 10.0 Å². The minimum absolute atomic E-state index is 0.0314. The topological polar surface area (TPSA) is 139 Å². The number of sulfonamides is 1. The number of hydrogen-bond acceptors (Lipinski definition) is 7. The first-order valence-electron chi connectivity index (χ1n) is 11.8. The molecular formula is C27H22FN7O3S. The first-order valence-corrected chi connectivity index (χ1v) is 13.7. The third-order valence-electron chi connectivity index (χ3n) is 6.26. The Hall–Kier alpha value is -4.68. The molecule has 0 radical (unpaired) electrons. The predicted molar refractivity (Wildman–Crippen MR) is 146 cm³/mol. The van der Waals surface area contributed by atoms with E-state index in [2.05, 4.69) is 34.9 Å². The Kier molecular flexibility index (Phi) is 6.04. The molecule has 6 aromatic rings. The summed E-state index contributed by atoms with van der Waals surface area (Å²) in [5, 5.41) is 9.17. The third kappa shape index (κ3) is 4.94. The minimum atomic E-state index is -3.43. The number of benzene rings is 1. The molecule has 0 amide bonds. The molecule has 0 aliphatic rings. The zero-order valence-corrected chi connectivity index (χ0v) is 21.7. The Morgan fingerprint density at radius 3 is 2.62 bits per heavy atom. The summed E-state index contributed by atoms with van der Waals surface area (Å²) in [6.45, 7) is -0.0314. The maximum atomic E-state index is 14.5. The number of hydrogen-bond donors (Lipinski definition) is 3. The number of pyridine rings is 3. The average molecular weight is 544 g/mol. The molecule has 12 heteroatoms. The maximum Gasteiger partial charge on any atom is 0.209 e. The van der Waals surface area contributed by atoms with Crippen molar-refractivity contribution >= 4 is 31.8 Å². The average Bonchev–Trinajstić information content (AvgIpc) is 3.55. The summed E-state index contributed by atoms with van der Waals surface area (Å²) in [7, 11) is -1.84. The first kappa shape index (κ1) is 24.6. The van der Waals surface area contributed by atoms with Crippen molar-refractivity contribution < 1.29 is 17.5 Å². The van der Waals surface area contributed by atoms with Crippen LogP contribution >= 0.6 is 0 Å². The summed E-state index contributed by atoms with van der Waals surface area (Å²) in [6, 6.07) is 11.9. The molecule has 0 saturated heterocycles. The SMILES string of the molecule is COc1cncc(-c2cc3c(-c4cc5c(-c6cc(F)cc(CNS(C)(=O)=O)c6)nccc5[nH]4)n[nH]c3cn2)c1. The van der Waals surface area contributed by atoms with Gasteiger partial charge in [0, 0.05) is 46.4 Å². The molecule has 5 heterocycles. The lowest BCUT2D eigenvalue weighted by Gasteiger charge is -2.08. The van der Waals surface area contributed by atoms with E-state index >= 15 is 0 Å². The molecule has 39 heavy (non-hydrogen) atoms. The van der Waals surface area contributed by atoms with Crippen molar-refractivity contribution in [1.82, 2.24) is 34.9 Å². The van der Waals surface area contributed by atoms with E-state index in [1.807, 2.05) is 24.3 Å². The molecule has 0 spiro atoms. The number of halogens is 1. The predicted octanol–water partition coefficient (Wildman–Crippen LogP) is 4.43. The number of aromatic amines is 2. The Morgan fingerprint density at radius 2 is 1.79 bits per heavy atom. The van der Waals surface area contributed by atoms with Crippen molar-refractivity contribution in [2.45, 2.75) is 6.54 Å². The van der Waals surface area contributed by atoms with E-state index in [-0.39, 0.29) is 6.54 Å². The van der Waals surface area contributed by atoms with Gasteiger partial charge >= 0.3 is 0 Å². The van der Waals surface area contributed by atoms with Gasteiger partial charge in [0.05, 0.1) is 48.4 Å². The molecule has 10 nitrogen and oxygen atoms in total. The fourth-order valence-electron chi connectivity index (χ4n) is 4.47. The fourth-order valence-corrected chi connectivity index (χ4v) is 4.89. The lowest BCUT2D eigenvalue weighted by atomic mass is 10.0. The van der Waals surface area contributed by atoms with Gasteiger partial charge in [-0.2, -0.15) is 5.10 Å². The van der Waals surface area contributed by atoms with Gasteiger partial charge in [-0.05, 0) is 48.0 Å². The number of nitrogens with zero attached hydrogens (tertiary/aromatic N) is 4. The normalized spacial score (nSPS) is 11.9. The molecule has 0 atom stereocenters. The number of rotatable bonds is 7. The molecule has 196 valence electrons. The van der Waals surface area contributed by atoms with Crippen molar-refractivity contribution in [3.8, 4) is 39.7 Å². The molecule has 5 aromatic heterocycles. The maximum absolute atomic E-state index is 14.5. The van der Waals surface area contributed by atoms with Crippen LogP contribution in [0, 0.1) is 5.82 Å². The molecule has 0 fully saturated rings. The Morgan fingerprint density at radius 1 is 0.949 bits per heavy atom. The summed E-state index contributed by atoms with van der Waals surface area (Å²) >= 11 is 0. The van der Waals surface area contributed by atoms with Crippen molar-refractivity contribution in [2.75, 3.05) is 13.4 Å². The number of nitrogens with one attached hydrogen (secondary N) is 3. The first-order chi connectivity index (χ1) is 18.8. The summed E-state index contributed by atoms with van der Waals surface area (Å²) in [5.41, 5.74) is 6.05. The van der Waals surface area contributed by atoms with Crippen molar-refractivity contribution in [3.05, 3.63) is 78.6 Å². The molecule has 0 aliphatic heterocycles. The monoisotopic (exact) mass is 543 g/mol. The number of ether oxygens (including phenoxy) is 1. The fraction of sp³-hybridized carbons (Fsp3) is 0.111. The molecule has 0 bridgehead atoms. The van der Waals surface area contributed by atoms with Crippen LogP contribution < -0.4 is 9.46 Å². The van der Waals surface area contributed by atoms with Gasteiger partial charge in [0.25, 0.3) is 0 Å². The zero-order chi connectivity index (χ0) is 27.1. The van der Waals surface area contributed by atoms with Crippen molar-refractivity contribution in [2.24, 2.45) is 0 Å². The lowest BCUT2D eigenvalue weighted by Crippen LogP contribution is -2.21. The smallest absolute Gasteiger partial charge is 0.209 e. The quantitative estimate of drug-likeness (QED) is 0.271. The van der Waals surface area contributed by atoms with Crippen molar-refractivity contribution in [1.29, 1.82) is 0 Å². The Balaban J connectivity index is 1.42. The van der Waals surface area contributed by atoms with E-state index in [1.54, 1.807) is 38.0 Å². The highest BCUT2D eigenvalue weighted by molar-refractivity contribution is 7.88. The van der Waals surface area contributed by atoms with Gasteiger partial charge in [0.15, 0.2) is 0 Å². The molecule has 0 unspecified atom stereocenters. The summed E-state index contributed by atoms with van der Waals surface area (Å²) < 4.78 is 45.2. The van der Waals surface area contributed by atoms with Crippen LogP contribution in [0.5, 0.6) is 5.75 Å². The Labute approximate surface area is 222 Å². The highest BCUT2D eigenvalue weighted by Gasteiger charge is 2.16. The van der Waals surface area contributed by atoms with E-state index in [0.717, 1.165) is 39.3 Å². The van der Waals surface area contributed by atoms with Gasteiger partial charge in [-0.1, -0.05) is 0 Å².